The highest BCUT2D eigenvalue weighted by molar-refractivity contribution is 6.02. The van der Waals surface area contributed by atoms with E-state index in [9.17, 15) is 4.79 Å². The summed E-state index contributed by atoms with van der Waals surface area (Å²) in [6, 6.07) is 13.3. The second-order valence-electron chi connectivity index (χ2n) is 8.55. The Balaban J connectivity index is 1.61. The predicted molar refractivity (Wildman–Crippen MR) is 132 cm³/mol. The summed E-state index contributed by atoms with van der Waals surface area (Å²) in [6.45, 7) is 2.72. The molecular weight excluding hydrogens is 446 g/mol. The van der Waals surface area contributed by atoms with E-state index in [0.717, 1.165) is 65.5 Å². The van der Waals surface area contributed by atoms with Crippen molar-refractivity contribution in [1.82, 2.24) is 14.2 Å². The van der Waals surface area contributed by atoms with Gasteiger partial charge >= 0.3 is 0 Å². The Labute approximate surface area is 204 Å². The summed E-state index contributed by atoms with van der Waals surface area (Å²) in [4.78, 5) is 13.0. The van der Waals surface area contributed by atoms with Gasteiger partial charge in [-0.05, 0) is 61.2 Å². The zero-order valence-electron chi connectivity index (χ0n) is 20.5. The zero-order valence-corrected chi connectivity index (χ0v) is 20.5. The molecule has 2 aromatic carbocycles. The van der Waals surface area contributed by atoms with Gasteiger partial charge in [0.05, 0.1) is 21.3 Å². The molecule has 2 aromatic heterocycles. The fourth-order valence-corrected chi connectivity index (χ4v) is 4.86. The molecule has 0 bridgehead atoms. The fourth-order valence-electron chi connectivity index (χ4n) is 4.86. The molecule has 1 aliphatic rings. The number of benzene rings is 2. The van der Waals surface area contributed by atoms with Crippen LogP contribution in [0.5, 0.6) is 23.0 Å². The molecule has 0 saturated heterocycles. The fraction of sp³-hybridized carbons (Fsp3) is 0.333. The third-order valence-electron chi connectivity index (χ3n) is 6.50. The van der Waals surface area contributed by atoms with Gasteiger partial charge in [-0.2, -0.15) is 0 Å². The standard InChI is InChI=1S/C27H29N3O5/c1-17(31)26-25(18-8-13-22(33-3)23(15-18)34-4)21-7-5-6-14-29-24(28-30(26)27(21)29)16-35-20-11-9-19(32-2)10-12-20/h8-13,15H,5-7,14,16H2,1-4H3. The van der Waals surface area contributed by atoms with Gasteiger partial charge in [-0.15, -0.1) is 5.10 Å². The minimum Gasteiger partial charge on any atom is -0.497 e. The van der Waals surface area contributed by atoms with E-state index < -0.39 is 0 Å². The Morgan fingerprint density at radius 2 is 1.69 bits per heavy atom. The third kappa shape index (κ3) is 3.99. The molecule has 0 amide bonds. The topological polar surface area (TPSA) is 76.2 Å². The summed E-state index contributed by atoms with van der Waals surface area (Å²) < 4.78 is 26.2. The summed E-state index contributed by atoms with van der Waals surface area (Å²) in [6.07, 6.45) is 2.92. The lowest BCUT2D eigenvalue weighted by molar-refractivity contribution is 0.101. The first-order valence-electron chi connectivity index (χ1n) is 11.7. The summed E-state index contributed by atoms with van der Waals surface area (Å²) >= 11 is 0. The number of aromatic nitrogens is 3. The highest BCUT2D eigenvalue weighted by Crippen LogP contribution is 2.40. The maximum atomic E-state index is 13.0. The molecule has 0 fully saturated rings. The van der Waals surface area contributed by atoms with Gasteiger partial charge in [0.25, 0.3) is 0 Å². The van der Waals surface area contributed by atoms with Gasteiger partial charge in [-0.25, -0.2) is 4.52 Å². The van der Waals surface area contributed by atoms with Crippen LogP contribution in [0.15, 0.2) is 42.5 Å². The van der Waals surface area contributed by atoms with Crippen LogP contribution in [-0.4, -0.2) is 41.3 Å². The average Bonchev–Trinajstić information content (AvgIpc) is 3.29. The van der Waals surface area contributed by atoms with Crippen LogP contribution in [0.2, 0.25) is 0 Å². The van der Waals surface area contributed by atoms with Gasteiger partial charge in [-0.3, -0.25) is 4.79 Å². The van der Waals surface area contributed by atoms with E-state index in [2.05, 4.69) is 4.57 Å². The number of nitrogens with zero attached hydrogens (tertiary/aromatic N) is 3. The second-order valence-corrected chi connectivity index (χ2v) is 8.55. The maximum absolute atomic E-state index is 13.0. The number of carbonyl (C=O) groups excluding carboxylic acids is 1. The molecule has 0 unspecified atom stereocenters. The summed E-state index contributed by atoms with van der Waals surface area (Å²) in [7, 11) is 4.86. The van der Waals surface area contributed by atoms with E-state index >= 15 is 0 Å². The molecule has 35 heavy (non-hydrogen) atoms. The molecule has 4 aromatic rings. The van der Waals surface area contributed by atoms with Crippen LogP contribution in [0.1, 0.15) is 41.6 Å². The Kier molecular flexibility index (Phi) is 6.11. The maximum Gasteiger partial charge on any atom is 0.178 e. The van der Waals surface area contributed by atoms with E-state index in [-0.39, 0.29) is 5.78 Å². The predicted octanol–water partition coefficient (Wildman–Crippen LogP) is 4.95. The summed E-state index contributed by atoms with van der Waals surface area (Å²) in [5.74, 6) is 3.54. The van der Waals surface area contributed by atoms with Gasteiger partial charge in [0.2, 0.25) is 0 Å². The Bertz CT molecular complexity index is 1380. The van der Waals surface area contributed by atoms with Crippen molar-refractivity contribution in [2.75, 3.05) is 21.3 Å². The molecule has 1 aliphatic heterocycles. The van der Waals surface area contributed by atoms with Crippen LogP contribution < -0.4 is 18.9 Å². The van der Waals surface area contributed by atoms with Crippen LogP contribution in [0.4, 0.5) is 0 Å². The average molecular weight is 476 g/mol. The normalized spacial score (nSPS) is 12.9. The smallest absolute Gasteiger partial charge is 0.178 e. The summed E-state index contributed by atoms with van der Waals surface area (Å²) in [5, 5.41) is 4.87. The van der Waals surface area contributed by atoms with Crippen molar-refractivity contribution >= 4 is 11.4 Å². The molecule has 8 heteroatoms. The molecule has 5 rings (SSSR count). The zero-order chi connectivity index (χ0) is 24.5. The first kappa shape index (κ1) is 22.8. The molecule has 0 atom stereocenters. The van der Waals surface area contributed by atoms with Crippen molar-refractivity contribution < 1.29 is 23.7 Å². The van der Waals surface area contributed by atoms with Gasteiger partial charge in [0.15, 0.2) is 23.1 Å². The number of hydrogen-bond acceptors (Lipinski definition) is 6. The molecule has 0 saturated carbocycles. The molecule has 0 spiro atoms. The van der Waals surface area contributed by atoms with Crippen LogP contribution in [0.25, 0.3) is 16.8 Å². The van der Waals surface area contributed by atoms with Crippen LogP contribution >= 0.6 is 0 Å². The number of ether oxygens (including phenoxy) is 4. The third-order valence-corrected chi connectivity index (χ3v) is 6.50. The van der Waals surface area contributed by atoms with E-state index in [1.54, 1.807) is 28.3 Å². The van der Waals surface area contributed by atoms with Gasteiger partial charge in [0.1, 0.15) is 29.4 Å². The van der Waals surface area contributed by atoms with E-state index in [1.165, 1.54) is 0 Å². The number of hydrogen-bond donors (Lipinski definition) is 0. The van der Waals surface area contributed by atoms with Crippen molar-refractivity contribution in [2.45, 2.75) is 39.3 Å². The first-order valence-corrected chi connectivity index (χ1v) is 11.7. The van der Waals surface area contributed by atoms with E-state index in [4.69, 9.17) is 24.0 Å². The molecule has 0 N–H and O–H groups in total. The van der Waals surface area contributed by atoms with Crippen LogP contribution in [0, 0.1) is 0 Å². The Hall–Kier alpha value is -3.94. The SMILES string of the molecule is COc1ccc(OCc2nn3c(C(C)=O)c(-c4ccc(OC)c(OC)c4)c4c3n2CCCC4)cc1. The van der Waals surface area contributed by atoms with Crippen molar-refractivity contribution in [1.29, 1.82) is 0 Å². The minimum atomic E-state index is -0.0381. The molecular formula is C27H29N3O5. The monoisotopic (exact) mass is 475 g/mol. The highest BCUT2D eigenvalue weighted by Gasteiger charge is 2.29. The second kappa shape index (κ2) is 9.37. The Morgan fingerprint density at radius 1 is 0.943 bits per heavy atom. The first-order chi connectivity index (χ1) is 17.0. The quantitative estimate of drug-likeness (QED) is 0.336. The van der Waals surface area contributed by atoms with Crippen LogP contribution in [-0.2, 0) is 19.6 Å². The number of aryl methyl sites for hydroxylation is 2. The lowest BCUT2D eigenvalue weighted by atomic mass is 9.96. The van der Waals surface area contributed by atoms with Crippen molar-refractivity contribution in [3.63, 3.8) is 0 Å². The van der Waals surface area contributed by atoms with E-state index in [1.807, 2.05) is 47.0 Å². The molecule has 0 radical (unpaired) electrons. The molecule has 3 heterocycles. The molecule has 0 aliphatic carbocycles. The Morgan fingerprint density at radius 3 is 2.37 bits per heavy atom. The van der Waals surface area contributed by atoms with Gasteiger partial charge in [-0.1, -0.05) is 6.07 Å². The van der Waals surface area contributed by atoms with Gasteiger partial charge < -0.3 is 23.5 Å². The van der Waals surface area contributed by atoms with Crippen molar-refractivity contribution in [2.24, 2.45) is 0 Å². The highest BCUT2D eigenvalue weighted by atomic mass is 16.5. The number of Topliss-reactive ketones (excluding diaryl/α,β-unsaturated/α-hetero) is 1. The number of carbonyl (C=O) groups is 1. The van der Waals surface area contributed by atoms with Crippen molar-refractivity contribution in [3.05, 3.63) is 59.5 Å². The number of rotatable bonds is 8. The van der Waals surface area contributed by atoms with Crippen molar-refractivity contribution in [3.8, 4) is 34.1 Å². The minimum absolute atomic E-state index is 0.0381. The molecule has 8 nitrogen and oxygen atoms in total. The molecule has 182 valence electrons. The lowest BCUT2D eigenvalue weighted by Gasteiger charge is -2.12. The largest absolute Gasteiger partial charge is 0.497 e. The van der Waals surface area contributed by atoms with Crippen LogP contribution in [0.3, 0.4) is 0 Å². The van der Waals surface area contributed by atoms with Gasteiger partial charge in [0, 0.05) is 24.6 Å². The lowest BCUT2D eigenvalue weighted by Crippen LogP contribution is -2.07. The number of methoxy groups -OCH3 is 3. The summed E-state index contributed by atoms with van der Waals surface area (Å²) in [5.41, 5.74) is 4.50. The van der Waals surface area contributed by atoms with E-state index in [0.29, 0.717) is 23.8 Å². The number of ketones is 1.